The molecule has 3 aromatic carbocycles. The lowest BCUT2D eigenvalue weighted by atomic mass is 9.98. The Morgan fingerprint density at radius 1 is 1.03 bits per heavy atom. The molecule has 0 bridgehead atoms. The first-order valence-corrected chi connectivity index (χ1v) is 12.3. The van der Waals surface area contributed by atoms with E-state index in [9.17, 15) is 4.79 Å². The number of ether oxygens (including phenoxy) is 1. The van der Waals surface area contributed by atoms with Gasteiger partial charge in [0.2, 0.25) is 0 Å². The van der Waals surface area contributed by atoms with E-state index in [1.54, 1.807) is 0 Å². The first kappa shape index (κ1) is 23.0. The normalized spacial score (nSPS) is 15.6. The van der Waals surface area contributed by atoms with Gasteiger partial charge in [0.25, 0.3) is 0 Å². The summed E-state index contributed by atoms with van der Waals surface area (Å²) in [6.07, 6.45) is -0.430. The summed E-state index contributed by atoms with van der Waals surface area (Å²) >= 11 is 4.69. The molecule has 1 heterocycles. The highest BCUT2D eigenvalue weighted by Gasteiger charge is 2.29. The quantitative estimate of drug-likeness (QED) is 0.437. The van der Waals surface area contributed by atoms with E-state index in [2.05, 4.69) is 77.6 Å². The first-order chi connectivity index (χ1) is 16.5. The van der Waals surface area contributed by atoms with Crippen molar-refractivity contribution < 1.29 is 9.53 Å². The lowest BCUT2D eigenvalue weighted by Gasteiger charge is -2.28. The summed E-state index contributed by atoms with van der Waals surface area (Å²) in [5.74, 6) is 0.0415. The highest BCUT2D eigenvalue weighted by Crippen LogP contribution is 2.44. The lowest BCUT2D eigenvalue weighted by Crippen LogP contribution is -2.43. The zero-order valence-corrected chi connectivity index (χ0v) is 20.6. The van der Waals surface area contributed by atoms with E-state index < -0.39 is 6.09 Å². The molecular weight excluding hydrogens is 442 g/mol. The molecule has 1 saturated heterocycles. The van der Waals surface area contributed by atoms with Crippen LogP contribution in [-0.4, -0.2) is 43.8 Å². The number of carbonyl (C=O) groups excluding carboxylic acids is 1. The first-order valence-electron chi connectivity index (χ1n) is 11.9. The van der Waals surface area contributed by atoms with Crippen LogP contribution < -0.4 is 10.6 Å². The van der Waals surface area contributed by atoms with E-state index in [1.807, 2.05) is 19.1 Å². The van der Waals surface area contributed by atoms with Gasteiger partial charge in [-0.1, -0.05) is 48.5 Å². The largest absolute Gasteiger partial charge is 0.448 e. The van der Waals surface area contributed by atoms with Crippen LogP contribution in [0.25, 0.3) is 11.1 Å². The van der Waals surface area contributed by atoms with E-state index in [-0.39, 0.29) is 5.92 Å². The molecule has 0 atom stereocenters. The number of anilines is 1. The van der Waals surface area contributed by atoms with Crippen LogP contribution in [0.2, 0.25) is 0 Å². The van der Waals surface area contributed by atoms with Gasteiger partial charge in [0, 0.05) is 43.5 Å². The van der Waals surface area contributed by atoms with Gasteiger partial charge in [-0.25, -0.2) is 4.79 Å². The fraction of sp³-hybridized carbons (Fsp3) is 0.321. The molecule has 1 aliphatic heterocycles. The molecule has 0 aromatic heterocycles. The number of nitrogens with zero attached hydrogens (tertiary/aromatic N) is 1. The smallest absolute Gasteiger partial charge is 0.411 e. The maximum absolute atomic E-state index is 12.9. The molecule has 1 fully saturated rings. The van der Waals surface area contributed by atoms with Gasteiger partial charge in [-0.05, 0) is 58.9 Å². The van der Waals surface area contributed by atoms with Crippen molar-refractivity contribution in [3.05, 3.63) is 82.4 Å². The van der Waals surface area contributed by atoms with Crippen molar-refractivity contribution in [1.82, 2.24) is 10.2 Å². The summed E-state index contributed by atoms with van der Waals surface area (Å²) in [6, 6.07) is 18.9. The van der Waals surface area contributed by atoms with Gasteiger partial charge in [-0.3, -0.25) is 10.2 Å². The van der Waals surface area contributed by atoms with Crippen molar-refractivity contribution >= 4 is 24.4 Å². The van der Waals surface area contributed by atoms with Crippen LogP contribution in [0.4, 0.5) is 10.5 Å². The summed E-state index contributed by atoms with van der Waals surface area (Å²) in [4.78, 5) is 16.2. The third-order valence-electron chi connectivity index (χ3n) is 7.10. The Balaban J connectivity index is 1.31. The van der Waals surface area contributed by atoms with Gasteiger partial charge in [0.05, 0.1) is 5.69 Å². The van der Waals surface area contributed by atoms with Crippen LogP contribution in [0.3, 0.4) is 0 Å². The van der Waals surface area contributed by atoms with Crippen molar-refractivity contribution in [1.29, 1.82) is 0 Å². The number of piperazine rings is 1. The fourth-order valence-electron chi connectivity index (χ4n) is 5.15. The standard InChI is InChI=1S/C28H31N3O2S/c1-18-20(16-31-13-11-29-12-14-31)15-26(34)19(2)27(18)30-28(32)33-17-25-23-9-5-3-7-21(23)22-8-4-6-10-24(22)25/h3-10,15,25,29,34H,11-14,16-17H2,1-2H3,(H,30,32). The van der Waals surface area contributed by atoms with Gasteiger partial charge in [0.15, 0.2) is 0 Å². The number of carbonyl (C=O) groups is 1. The summed E-state index contributed by atoms with van der Waals surface area (Å²) in [5, 5.41) is 6.42. The topological polar surface area (TPSA) is 53.6 Å². The maximum Gasteiger partial charge on any atom is 0.411 e. The Labute approximate surface area is 206 Å². The molecule has 34 heavy (non-hydrogen) atoms. The molecule has 6 heteroatoms. The van der Waals surface area contributed by atoms with E-state index in [1.165, 1.54) is 27.8 Å². The van der Waals surface area contributed by atoms with Crippen LogP contribution in [0.5, 0.6) is 0 Å². The van der Waals surface area contributed by atoms with Crippen LogP contribution in [-0.2, 0) is 11.3 Å². The van der Waals surface area contributed by atoms with Crippen LogP contribution >= 0.6 is 12.6 Å². The molecule has 0 radical (unpaired) electrons. The summed E-state index contributed by atoms with van der Waals surface area (Å²) in [5.41, 5.74) is 8.87. The van der Waals surface area contributed by atoms with Crippen molar-refractivity contribution in [2.24, 2.45) is 0 Å². The molecule has 5 rings (SSSR count). The monoisotopic (exact) mass is 473 g/mol. The Morgan fingerprint density at radius 3 is 2.29 bits per heavy atom. The number of nitrogens with one attached hydrogen (secondary N) is 2. The van der Waals surface area contributed by atoms with Crippen molar-refractivity contribution in [2.45, 2.75) is 31.2 Å². The molecule has 1 amide bonds. The Bertz CT molecular complexity index is 1170. The minimum atomic E-state index is -0.430. The number of hydrogen-bond donors (Lipinski definition) is 3. The second kappa shape index (κ2) is 9.82. The zero-order chi connectivity index (χ0) is 23.7. The van der Waals surface area contributed by atoms with Crippen molar-refractivity contribution in [3.63, 3.8) is 0 Å². The number of fused-ring (bicyclic) bond motifs is 3. The summed E-state index contributed by atoms with van der Waals surface area (Å²) in [7, 11) is 0. The molecule has 3 aromatic rings. The van der Waals surface area contributed by atoms with Gasteiger partial charge < -0.3 is 10.1 Å². The predicted octanol–water partition coefficient (Wildman–Crippen LogP) is 5.36. The average molecular weight is 474 g/mol. The Morgan fingerprint density at radius 2 is 1.65 bits per heavy atom. The molecule has 0 spiro atoms. The second-order valence-corrected chi connectivity index (χ2v) is 9.64. The number of benzene rings is 3. The second-order valence-electron chi connectivity index (χ2n) is 9.16. The molecule has 176 valence electrons. The van der Waals surface area contributed by atoms with Gasteiger partial charge in [0.1, 0.15) is 6.61 Å². The Kier molecular flexibility index (Phi) is 6.63. The van der Waals surface area contributed by atoms with E-state index in [4.69, 9.17) is 4.74 Å². The molecule has 2 aliphatic rings. The number of amides is 1. The third kappa shape index (κ3) is 4.45. The number of thiol groups is 1. The minimum Gasteiger partial charge on any atom is -0.448 e. The zero-order valence-electron chi connectivity index (χ0n) is 19.7. The van der Waals surface area contributed by atoms with E-state index in [0.717, 1.165) is 54.4 Å². The summed E-state index contributed by atoms with van der Waals surface area (Å²) < 4.78 is 5.79. The minimum absolute atomic E-state index is 0.0415. The maximum atomic E-state index is 12.9. The fourth-order valence-corrected chi connectivity index (χ4v) is 5.42. The number of hydrogen-bond acceptors (Lipinski definition) is 5. The predicted molar refractivity (Wildman–Crippen MR) is 140 cm³/mol. The van der Waals surface area contributed by atoms with E-state index >= 15 is 0 Å². The van der Waals surface area contributed by atoms with Crippen molar-refractivity contribution in [3.8, 4) is 11.1 Å². The molecule has 0 unspecified atom stereocenters. The third-order valence-corrected chi connectivity index (χ3v) is 7.57. The molecular formula is C28H31N3O2S. The lowest BCUT2D eigenvalue weighted by molar-refractivity contribution is 0.158. The van der Waals surface area contributed by atoms with Crippen LogP contribution in [0.15, 0.2) is 59.5 Å². The Hall–Kier alpha value is -2.80. The summed E-state index contributed by atoms with van der Waals surface area (Å²) in [6.45, 7) is 9.24. The van der Waals surface area contributed by atoms with Crippen LogP contribution in [0.1, 0.15) is 33.7 Å². The average Bonchev–Trinajstić information content (AvgIpc) is 3.18. The SMILES string of the molecule is Cc1c(S)cc(CN2CCNCC2)c(C)c1NC(=O)OCC1c2ccccc2-c2ccccc21. The van der Waals surface area contributed by atoms with E-state index in [0.29, 0.717) is 6.61 Å². The van der Waals surface area contributed by atoms with Crippen molar-refractivity contribution in [2.75, 3.05) is 38.1 Å². The van der Waals surface area contributed by atoms with Gasteiger partial charge >= 0.3 is 6.09 Å². The highest BCUT2D eigenvalue weighted by molar-refractivity contribution is 7.80. The molecule has 2 N–H and O–H groups in total. The molecule has 1 aliphatic carbocycles. The van der Waals surface area contributed by atoms with Gasteiger partial charge in [-0.2, -0.15) is 0 Å². The molecule has 0 saturated carbocycles. The van der Waals surface area contributed by atoms with Gasteiger partial charge in [-0.15, -0.1) is 12.6 Å². The number of rotatable bonds is 5. The highest BCUT2D eigenvalue weighted by atomic mass is 32.1. The van der Waals surface area contributed by atoms with Crippen LogP contribution in [0, 0.1) is 13.8 Å². The molecule has 5 nitrogen and oxygen atoms in total.